The molecule has 39 heavy (non-hydrogen) atoms. The Balaban J connectivity index is 1.69. The summed E-state index contributed by atoms with van der Waals surface area (Å²) in [6.07, 6.45) is 2.00. The third-order valence-corrected chi connectivity index (χ3v) is 7.53. The summed E-state index contributed by atoms with van der Waals surface area (Å²) < 4.78 is 18.2. The average Bonchev–Trinajstić information content (AvgIpc) is 3.28. The molecule has 5 rings (SSSR count). The van der Waals surface area contributed by atoms with Gasteiger partial charge in [0.05, 0.1) is 43.5 Å². The van der Waals surface area contributed by atoms with Crippen LogP contribution in [0.4, 0.5) is 5.69 Å². The van der Waals surface area contributed by atoms with E-state index in [1.54, 1.807) is 30.2 Å². The summed E-state index contributed by atoms with van der Waals surface area (Å²) in [5, 5.41) is 4.34. The Morgan fingerprint density at radius 3 is 2.44 bits per heavy atom. The molecule has 0 spiro atoms. The molecule has 4 aromatic rings. The average molecular weight is 548 g/mol. The standard InChI is InChI=1S/C30H30ClN3O5/c1-33-17-21(18-9-7-8-12-24(18)33)28-27(19-10-5-6-11-20(19)30(36)34(28)13-14-37-2)29(35)32-23-15-22(31)25(38-3)16-26(23)39-4/h5-12,15-17,27-28H,13-14H2,1-4H3,(H,32,35)/t27-,28-/m0/s1. The number of methoxy groups -OCH3 is 3. The van der Waals surface area contributed by atoms with Gasteiger partial charge in [-0.1, -0.05) is 48.0 Å². The van der Waals surface area contributed by atoms with Crippen LogP contribution in [0.3, 0.4) is 0 Å². The van der Waals surface area contributed by atoms with E-state index in [1.165, 1.54) is 14.2 Å². The van der Waals surface area contributed by atoms with Crippen LogP contribution in [0.25, 0.3) is 10.9 Å². The van der Waals surface area contributed by atoms with Gasteiger partial charge in [0, 0.05) is 55.0 Å². The monoisotopic (exact) mass is 547 g/mol. The fourth-order valence-corrected chi connectivity index (χ4v) is 5.67. The SMILES string of the molecule is COCCN1C(=O)c2ccccc2[C@H](C(=O)Nc2cc(Cl)c(OC)cc2OC)[C@@H]1c1cn(C)c2ccccc12. The molecule has 9 heteroatoms. The highest BCUT2D eigenvalue weighted by Gasteiger charge is 2.45. The molecule has 1 aromatic heterocycles. The Labute approximate surface area is 232 Å². The van der Waals surface area contributed by atoms with Crippen molar-refractivity contribution in [3.8, 4) is 11.5 Å². The molecule has 0 saturated carbocycles. The van der Waals surface area contributed by atoms with Gasteiger partial charge in [-0.25, -0.2) is 0 Å². The number of amides is 2. The number of hydrogen-bond acceptors (Lipinski definition) is 5. The van der Waals surface area contributed by atoms with Crippen molar-refractivity contribution in [1.29, 1.82) is 0 Å². The van der Waals surface area contributed by atoms with Gasteiger partial charge in [-0.3, -0.25) is 9.59 Å². The number of nitrogens with zero attached hydrogens (tertiary/aromatic N) is 2. The van der Waals surface area contributed by atoms with Crippen LogP contribution < -0.4 is 14.8 Å². The van der Waals surface area contributed by atoms with Gasteiger partial charge in [-0.05, 0) is 23.8 Å². The van der Waals surface area contributed by atoms with Crippen molar-refractivity contribution in [3.63, 3.8) is 0 Å². The van der Waals surface area contributed by atoms with E-state index in [2.05, 4.69) is 5.32 Å². The lowest BCUT2D eigenvalue weighted by molar-refractivity contribution is -0.119. The van der Waals surface area contributed by atoms with E-state index < -0.39 is 12.0 Å². The number of carbonyl (C=O) groups is 2. The number of rotatable bonds is 8. The van der Waals surface area contributed by atoms with Crippen molar-refractivity contribution in [2.75, 3.05) is 39.8 Å². The highest BCUT2D eigenvalue weighted by molar-refractivity contribution is 6.32. The highest BCUT2D eigenvalue weighted by atomic mass is 35.5. The molecule has 0 bridgehead atoms. The van der Waals surface area contributed by atoms with E-state index in [0.29, 0.717) is 46.5 Å². The predicted molar refractivity (Wildman–Crippen MR) is 151 cm³/mol. The Morgan fingerprint density at radius 2 is 1.69 bits per heavy atom. The Kier molecular flexibility index (Phi) is 7.50. The minimum Gasteiger partial charge on any atom is -0.495 e. The molecule has 0 fully saturated rings. The normalized spacial score (nSPS) is 16.7. The minimum atomic E-state index is -0.729. The van der Waals surface area contributed by atoms with E-state index in [1.807, 2.05) is 60.3 Å². The summed E-state index contributed by atoms with van der Waals surface area (Å²) in [4.78, 5) is 29.9. The highest BCUT2D eigenvalue weighted by Crippen LogP contribution is 2.46. The third-order valence-electron chi connectivity index (χ3n) is 7.24. The van der Waals surface area contributed by atoms with Crippen LogP contribution >= 0.6 is 11.6 Å². The first-order chi connectivity index (χ1) is 18.9. The van der Waals surface area contributed by atoms with Crippen molar-refractivity contribution in [1.82, 2.24) is 9.47 Å². The van der Waals surface area contributed by atoms with E-state index in [4.69, 9.17) is 25.8 Å². The number of halogens is 1. The van der Waals surface area contributed by atoms with Gasteiger partial charge in [0.1, 0.15) is 11.5 Å². The molecular weight excluding hydrogens is 518 g/mol. The van der Waals surface area contributed by atoms with Crippen LogP contribution in [-0.2, 0) is 16.6 Å². The van der Waals surface area contributed by atoms with Gasteiger partial charge in [-0.15, -0.1) is 0 Å². The molecule has 2 heterocycles. The molecule has 1 aliphatic rings. The number of benzene rings is 3. The number of nitrogens with one attached hydrogen (secondary N) is 1. The van der Waals surface area contributed by atoms with Gasteiger partial charge >= 0.3 is 0 Å². The molecular formula is C30H30ClN3O5. The summed E-state index contributed by atoms with van der Waals surface area (Å²) in [5.74, 6) is -0.334. The van der Waals surface area contributed by atoms with Crippen molar-refractivity contribution in [2.45, 2.75) is 12.0 Å². The Bertz CT molecular complexity index is 1550. The van der Waals surface area contributed by atoms with E-state index in [-0.39, 0.29) is 11.8 Å². The summed E-state index contributed by atoms with van der Waals surface area (Å²) >= 11 is 6.40. The molecule has 0 unspecified atom stereocenters. The van der Waals surface area contributed by atoms with Crippen LogP contribution in [0, 0.1) is 0 Å². The second kappa shape index (κ2) is 11.0. The number of hydrogen-bond donors (Lipinski definition) is 1. The van der Waals surface area contributed by atoms with Crippen LogP contribution in [0.15, 0.2) is 66.9 Å². The zero-order chi connectivity index (χ0) is 27.7. The first-order valence-electron chi connectivity index (χ1n) is 12.5. The van der Waals surface area contributed by atoms with Crippen molar-refractivity contribution >= 4 is 40.0 Å². The van der Waals surface area contributed by atoms with Crippen molar-refractivity contribution < 1.29 is 23.8 Å². The molecule has 1 aliphatic heterocycles. The van der Waals surface area contributed by atoms with E-state index in [9.17, 15) is 9.59 Å². The van der Waals surface area contributed by atoms with Crippen LogP contribution in [0.5, 0.6) is 11.5 Å². The number of anilines is 1. The van der Waals surface area contributed by atoms with Crippen LogP contribution in [0.2, 0.25) is 5.02 Å². The summed E-state index contributed by atoms with van der Waals surface area (Å²) in [6, 6.07) is 17.9. The quantitative estimate of drug-likeness (QED) is 0.319. The lowest BCUT2D eigenvalue weighted by Gasteiger charge is -2.41. The fourth-order valence-electron chi connectivity index (χ4n) is 5.43. The van der Waals surface area contributed by atoms with E-state index >= 15 is 0 Å². The maximum Gasteiger partial charge on any atom is 0.254 e. The molecule has 202 valence electrons. The van der Waals surface area contributed by atoms with E-state index in [0.717, 1.165) is 16.5 Å². The topological polar surface area (TPSA) is 82.0 Å². The minimum absolute atomic E-state index is 0.144. The number of para-hydroxylation sites is 1. The lowest BCUT2D eigenvalue weighted by Crippen LogP contribution is -2.47. The number of fused-ring (bicyclic) bond motifs is 2. The van der Waals surface area contributed by atoms with Gasteiger partial charge < -0.3 is 29.0 Å². The Morgan fingerprint density at radius 1 is 0.974 bits per heavy atom. The van der Waals surface area contributed by atoms with Gasteiger partial charge in [0.15, 0.2) is 0 Å². The number of aromatic nitrogens is 1. The molecule has 3 aromatic carbocycles. The van der Waals surface area contributed by atoms with Gasteiger partial charge in [0.25, 0.3) is 5.91 Å². The molecule has 0 radical (unpaired) electrons. The Hall–Kier alpha value is -4.01. The zero-order valence-corrected chi connectivity index (χ0v) is 23.0. The fraction of sp³-hybridized carbons (Fsp3) is 0.267. The first kappa shape index (κ1) is 26.6. The first-order valence-corrected chi connectivity index (χ1v) is 12.9. The molecule has 2 amide bonds. The molecule has 0 saturated heterocycles. The second-order valence-electron chi connectivity index (χ2n) is 9.39. The summed E-state index contributed by atoms with van der Waals surface area (Å²) in [7, 11) is 6.58. The van der Waals surface area contributed by atoms with Gasteiger partial charge in [-0.2, -0.15) is 0 Å². The summed E-state index contributed by atoms with van der Waals surface area (Å²) in [6.45, 7) is 0.643. The van der Waals surface area contributed by atoms with Crippen molar-refractivity contribution in [2.24, 2.45) is 7.05 Å². The maximum atomic E-state index is 14.3. The zero-order valence-electron chi connectivity index (χ0n) is 22.2. The molecule has 2 atom stereocenters. The molecule has 0 aliphatic carbocycles. The van der Waals surface area contributed by atoms with Crippen molar-refractivity contribution in [3.05, 3.63) is 88.6 Å². The molecule has 1 N–H and O–H groups in total. The predicted octanol–water partition coefficient (Wildman–Crippen LogP) is 5.41. The summed E-state index contributed by atoms with van der Waals surface area (Å²) in [5.41, 5.74) is 3.44. The number of ether oxygens (including phenoxy) is 3. The van der Waals surface area contributed by atoms with Gasteiger partial charge in [0.2, 0.25) is 5.91 Å². The molecule has 8 nitrogen and oxygen atoms in total. The number of carbonyl (C=O) groups excluding carboxylic acids is 2. The smallest absolute Gasteiger partial charge is 0.254 e. The van der Waals surface area contributed by atoms with Crippen LogP contribution in [0.1, 0.15) is 33.4 Å². The second-order valence-corrected chi connectivity index (χ2v) is 9.80. The number of aryl methyl sites for hydroxylation is 1. The van der Waals surface area contributed by atoms with Crippen LogP contribution in [-0.4, -0.2) is 55.8 Å². The lowest BCUT2D eigenvalue weighted by atomic mass is 9.79. The largest absolute Gasteiger partial charge is 0.495 e. The third kappa shape index (κ3) is 4.70. The maximum absolute atomic E-state index is 14.3.